The first-order chi connectivity index (χ1) is 16.9. The molecule has 2 aromatic carbocycles. The zero-order valence-corrected chi connectivity index (χ0v) is 19.5. The molecule has 0 atom stereocenters. The van der Waals surface area contributed by atoms with E-state index in [4.69, 9.17) is 11.5 Å². The Labute approximate surface area is 203 Å². The van der Waals surface area contributed by atoms with Crippen molar-refractivity contribution in [3.05, 3.63) is 71.4 Å². The van der Waals surface area contributed by atoms with Gasteiger partial charge < -0.3 is 22.1 Å². The fraction of sp³-hybridized carbons (Fsp3) is 0.259. The van der Waals surface area contributed by atoms with Crippen molar-refractivity contribution in [3.8, 4) is 0 Å². The quantitative estimate of drug-likeness (QED) is 0.360. The van der Waals surface area contributed by atoms with E-state index in [2.05, 4.69) is 20.6 Å². The summed E-state index contributed by atoms with van der Waals surface area (Å²) in [5.41, 5.74) is 16.0. The average Bonchev–Trinajstić information content (AvgIpc) is 2.84. The van der Waals surface area contributed by atoms with Gasteiger partial charge in [0.2, 0.25) is 0 Å². The number of aromatic nitrogens is 2. The summed E-state index contributed by atoms with van der Waals surface area (Å²) >= 11 is 0. The van der Waals surface area contributed by atoms with Crippen LogP contribution in [0.25, 0.3) is 21.8 Å². The topological polar surface area (TPSA) is 136 Å². The number of anilines is 2. The minimum absolute atomic E-state index is 0.0667. The van der Waals surface area contributed by atoms with E-state index < -0.39 is 0 Å². The van der Waals surface area contributed by atoms with E-state index in [1.165, 1.54) is 0 Å². The van der Waals surface area contributed by atoms with Crippen molar-refractivity contribution in [1.82, 2.24) is 20.6 Å². The Morgan fingerprint density at radius 3 is 2.03 bits per heavy atom. The number of carbonyl (C=O) groups is 2. The summed E-state index contributed by atoms with van der Waals surface area (Å²) in [6.07, 6.45) is 3.20. The van der Waals surface area contributed by atoms with Crippen molar-refractivity contribution in [2.75, 3.05) is 11.5 Å². The van der Waals surface area contributed by atoms with Crippen LogP contribution in [0.3, 0.4) is 0 Å². The molecule has 178 valence electrons. The number of pyridine rings is 2. The van der Waals surface area contributed by atoms with Crippen LogP contribution in [0, 0.1) is 6.92 Å². The maximum absolute atomic E-state index is 12.9. The molecule has 0 spiro atoms. The van der Waals surface area contributed by atoms with Crippen molar-refractivity contribution >= 4 is 45.1 Å². The van der Waals surface area contributed by atoms with Gasteiger partial charge in [-0.2, -0.15) is 0 Å². The Morgan fingerprint density at radius 2 is 1.37 bits per heavy atom. The Hall–Kier alpha value is -4.20. The number of hydrogen-bond donors (Lipinski definition) is 4. The Morgan fingerprint density at radius 1 is 0.771 bits per heavy atom. The van der Waals surface area contributed by atoms with E-state index in [0.29, 0.717) is 22.6 Å². The van der Waals surface area contributed by atoms with E-state index in [1.54, 1.807) is 24.3 Å². The van der Waals surface area contributed by atoms with E-state index in [0.717, 1.165) is 53.2 Å². The third-order valence-electron chi connectivity index (χ3n) is 6.60. The highest BCUT2D eigenvalue weighted by Crippen LogP contribution is 2.24. The first kappa shape index (κ1) is 22.6. The van der Waals surface area contributed by atoms with Gasteiger partial charge in [0.1, 0.15) is 5.82 Å². The van der Waals surface area contributed by atoms with Crippen LogP contribution < -0.4 is 22.1 Å². The Balaban J connectivity index is 1.17. The SMILES string of the molecule is Cc1cc(N)c2cc(C(=O)NC3CCC(NC(=O)c4ccc5nc(N)ccc5c4)CC3)ccc2n1. The number of aryl methyl sites for hydroxylation is 1. The predicted octanol–water partition coefficient (Wildman–Crippen LogP) is 3.73. The molecule has 8 nitrogen and oxygen atoms in total. The van der Waals surface area contributed by atoms with Crippen LogP contribution >= 0.6 is 0 Å². The molecule has 0 unspecified atom stereocenters. The summed E-state index contributed by atoms with van der Waals surface area (Å²) in [6.45, 7) is 1.89. The molecular formula is C27H28N6O2. The summed E-state index contributed by atoms with van der Waals surface area (Å²) in [5, 5.41) is 7.92. The van der Waals surface area contributed by atoms with Crippen molar-refractivity contribution < 1.29 is 9.59 Å². The zero-order valence-electron chi connectivity index (χ0n) is 19.5. The van der Waals surface area contributed by atoms with Crippen LogP contribution in [0.4, 0.5) is 11.5 Å². The minimum atomic E-state index is -0.121. The molecular weight excluding hydrogens is 440 g/mol. The Kier molecular flexibility index (Phi) is 5.94. The number of nitrogens with two attached hydrogens (primary N) is 2. The maximum Gasteiger partial charge on any atom is 0.251 e. The molecule has 1 aliphatic carbocycles. The second-order valence-electron chi connectivity index (χ2n) is 9.22. The molecule has 1 saturated carbocycles. The smallest absolute Gasteiger partial charge is 0.251 e. The number of nitrogens with zero attached hydrogens (tertiary/aromatic N) is 2. The standard InChI is InChI=1S/C27H28N6O2/c1-15-12-22(28)21-14-18(3-10-24(21)30-15)27(35)32-20-7-5-19(6-8-20)31-26(34)17-2-9-23-16(13-17)4-11-25(29)33-23/h2-4,9-14,19-20H,5-8H2,1H3,(H2,28,30)(H2,29,33)(H,31,34)(H,32,35). The van der Waals surface area contributed by atoms with Crippen molar-refractivity contribution in [2.45, 2.75) is 44.7 Å². The van der Waals surface area contributed by atoms with E-state index in [-0.39, 0.29) is 23.9 Å². The molecule has 0 saturated heterocycles. The van der Waals surface area contributed by atoms with Gasteiger partial charge in [-0.25, -0.2) is 4.98 Å². The first-order valence-electron chi connectivity index (χ1n) is 11.8. The maximum atomic E-state index is 12.9. The van der Waals surface area contributed by atoms with E-state index >= 15 is 0 Å². The molecule has 1 aliphatic rings. The van der Waals surface area contributed by atoms with Crippen LogP contribution in [0.2, 0.25) is 0 Å². The summed E-state index contributed by atoms with van der Waals surface area (Å²) in [5.74, 6) is 0.231. The molecule has 0 radical (unpaired) electrons. The lowest BCUT2D eigenvalue weighted by molar-refractivity contribution is 0.0892. The third kappa shape index (κ3) is 4.87. The molecule has 4 aromatic rings. The fourth-order valence-electron chi connectivity index (χ4n) is 4.73. The van der Waals surface area contributed by atoms with Gasteiger partial charge in [-0.3, -0.25) is 14.6 Å². The lowest BCUT2D eigenvalue weighted by Gasteiger charge is -2.29. The second-order valence-corrected chi connectivity index (χ2v) is 9.22. The van der Waals surface area contributed by atoms with Gasteiger partial charge in [0.05, 0.1) is 11.0 Å². The van der Waals surface area contributed by atoms with Crippen molar-refractivity contribution in [2.24, 2.45) is 0 Å². The van der Waals surface area contributed by atoms with Gasteiger partial charge in [-0.05, 0) is 87.2 Å². The van der Waals surface area contributed by atoms with Crippen LogP contribution in [0.5, 0.6) is 0 Å². The second kappa shape index (κ2) is 9.21. The summed E-state index contributed by atoms with van der Waals surface area (Å²) in [7, 11) is 0. The van der Waals surface area contributed by atoms with Gasteiger partial charge in [0, 0.05) is 45.4 Å². The van der Waals surface area contributed by atoms with Gasteiger partial charge >= 0.3 is 0 Å². The Bertz CT molecular complexity index is 1440. The average molecular weight is 469 g/mol. The van der Waals surface area contributed by atoms with Gasteiger partial charge in [-0.1, -0.05) is 0 Å². The highest BCUT2D eigenvalue weighted by atomic mass is 16.2. The molecule has 2 aromatic heterocycles. The number of rotatable bonds is 4. The zero-order chi connectivity index (χ0) is 24.5. The predicted molar refractivity (Wildman–Crippen MR) is 138 cm³/mol. The fourth-order valence-corrected chi connectivity index (χ4v) is 4.73. The van der Waals surface area contributed by atoms with Crippen LogP contribution in [0.1, 0.15) is 52.1 Å². The highest BCUT2D eigenvalue weighted by Gasteiger charge is 2.24. The summed E-state index contributed by atoms with van der Waals surface area (Å²) < 4.78 is 0. The summed E-state index contributed by atoms with van der Waals surface area (Å²) in [6, 6.07) is 16.4. The molecule has 8 heteroatoms. The normalized spacial score (nSPS) is 17.9. The molecule has 35 heavy (non-hydrogen) atoms. The molecule has 0 aliphatic heterocycles. The molecule has 1 fully saturated rings. The molecule has 5 rings (SSSR count). The number of fused-ring (bicyclic) bond motifs is 2. The lowest BCUT2D eigenvalue weighted by atomic mass is 9.90. The number of nitrogen functional groups attached to an aromatic ring is 2. The number of amides is 2. The number of carbonyl (C=O) groups excluding carboxylic acids is 2. The van der Waals surface area contributed by atoms with Crippen LogP contribution in [0.15, 0.2) is 54.6 Å². The van der Waals surface area contributed by atoms with Gasteiger partial charge in [0.25, 0.3) is 11.8 Å². The highest BCUT2D eigenvalue weighted by molar-refractivity contribution is 6.01. The first-order valence-corrected chi connectivity index (χ1v) is 11.8. The van der Waals surface area contributed by atoms with Crippen molar-refractivity contribution in [3.63, 3.8) is 0 Å². The summed E-state index contributed by atoms with van der Waals surface area (Å²) in [4.78, 5) is 34.4. The van der Waals surface area contributed by atoms with Crippen molar-refractivity contribution in [1.29, 1.82) is 0 Å². The number of nitrogens with one attached hydrogen (secondary N) is 2. The monoisotopic (exact) mass is 468 g/mol. The van der Waals surface area contributed by atoms with Gasteiger partial charge in [-0.15, -0.1) is 0 Å². The lowest BCUT2D eigenvalue weighted by Crippen LogP contribution is -2.43. The molecule has 2 heterocycles. The van der Waals surface area contributed by atoms with Gasteiger partial charge in [0.15, 0.2) is 0 Å². The number of benzene rings is 2. The molecule has 2 amide bonds. The third-order valence-corrected chi connectivity index (χ3v) is 6.60. The van der Waals surface area contributed by atoms with Crippen LogP contribution in [-0.2, 0) is 0 Å². The molecule has 6 N–H and O–H groups in total. The van der Waals surface area contributed by atoms with Crippen LogP contribution in [-0.4, -0.2) is 33.9 Å². The van der Waals surface area contributed by atoms with E-state index in [1.807, 2.05) is 37.3 Å². The minimum Gasteiger partial charge on any atom is -0.398 e. The van der Waals surface area contributed by atoms with E-state index in [9.17, 15) is 9.59 Å². The number of hydrogen-bond acceptors (Lipinski definition) is 6. The largest absolute Gasteiger partial charge is 0.398 e. The molecule has 0 bridgehead atoms.